The third kappa shape index (κ3) is 2.23. The Morgan fingerprint density at radius 1 is 1.16 bits per heavy atom. The lowest BCUT2D eigenvalue weighted by Gasteiger charge is -2.24. The minimum atomic E-state index is -4.43. The maximum Gasteiger partial charge on any atom is 0.416 e. The molecule has 3 nitrogen and oxygen atoms in total. The maximum absolute atomic E-state index is 13.1. The Bertz CT molecular complexity index is 890. The lowest BCUT2D eigenvalue weighted by atomic mass is 9.80. The van der Waals surface area contributed by atoms with Crippen molar-refractivity contribution < 1.29 is 18.0 Å². The van der Waals surface area contributed by atoms with Gasteiger partial charge in [-0.3, -0.25) is 4.79 Å². The molecule has 1 spiro atoms. The molecule has 4 rings (SSSR count). The monoisotopic (exact) mass is 346 g/mol. The molecule has 0 bridgehead atoms. The molecule has 6 heteroatoms. The van der Waals surface area contributed by atoms with Crippen molar-refractivity contribution in [2.24, 2.45) is 0 Å². The fourth-order valence-electron chi connectivity index (χ4n) is 4.04. The van der Waals surface area contributed by atoms with E-state index in [1.165, 1.54) is 6.07 Å². The number of nitrogens with zero attached hydrogens (tertiary/aromatic N) is 1. The molecule has 2 heterocycles. The van der Waals surface area contributed by atoms with Crippen molar-refractivity contribution in [1.29, 1.82) is 0 Å². The first-order valence-electron chi connectivity index (χ1n) is 8.09. The van der Waals surface area contributed by atoms with Gasteiger partial charge in [0.2, 0.25) is 5.91 Å². The van der Waals surface area contributed by atoms with Crippen molar-refractivity contribution in [1.82, 2.24) is 4.57 Å². The van der Waals surface area contributed by atoms with Gasteiger partial charge in [-0.2, -0.15) is 13.2 Å². The molecule has 0 saturated carbocycles. The van der Waals surface area contributed by atoms with E-state index in [0.717, 1.165) is 23.5 Å². The van der Waals surface area contributed by atoms with Crippen molar-refractivity contribution in [3.63, 3.8) is 0 Å². The van der Waals surface area contributed by atoms with Crippen LogP contribution in [0.2, 0.25) is 0 Å². The number of halogens is 3. The van der Waals surface area contributed by atoms with Gasteiger partial charge in [-0.25, -0.2) is 0 Å². The smallest absolute Gasteiger partial charge is 0.342 e. The molecule has 0 fully saturated rings. The highest BCUT2D eigenvalue weighted by atomic mass is 19.4. The molecule has 0 unspecified atom stereocenters. The summed E-state index contributed by atoms with van der Waals surface area (Å²) in [5.41, 5.74) is 1.23. The Morgan fingerprint density at radius 2 is 1.84 bits per heavy atom. The number of hydrogen-bond donors (Lipinski definition) is 1. The fraction of sp³-hybridized carbons (Fsp3) is 0.316. The first kappa shape index (κ1) is 16.0. The van der Waals surface area contributed by atoms with Crippen LogP contribution in [0.25, 0.3) is 0 Å². The minimum absolute atomic E-state index is 0.0544. The molecular formula is C19H17F3N2O. The van der Waals surface area contributed by atoms with Gasteiger partial charge in [0.1, 0.15) is 0 Å². The van der Waals surface area contributed by atoms with E-state index in [0.29, 0.717) is 17.7 Å². The van der Waals surface area contributed by atoms with Crippen LogP contribution in [0.3, 0.4) is 0 Å². The van der Waals surface area contributed by atoms with Crippen molar-refractivity contribution >= 4 is 11.6 Å². The zero-order valence-corrected chi connectivity index (χ0v) is 13.8. The predicted octanol–water partition coefficient (Wildman–Crippen LogP) is 4.51. The Balaban J connectivity index is 1.78. The zero-order chi connectivity index (χ0) is 18.0. The summed E-state index contributed by atoms with van der Waals surface area (Å²) in [6.07, 6.45) is -0.326. The highest BCUT2D eigenvalue weighted by Crippen LogP contribution is 2.50. The molecule has 1 aromatic carbocycles. The molecule has 1 N–H and O–H groups in total. The number of carbonyl (C=O) groups is 1. The van der Waals surface area contributed by atoms with Gasteiger partial charge in [0, 0.05) is 17.1 Å². The van der Waals surface area contributed by atoms with E-state index in [1.807, 2.05) is 32.1 Å². The standard InChI is InChI=1S/C19H17F3N2O/c1-11-3-4-12(2)24(11)14-7-8-18(10-14)15-9-13(19(20,21)22)5-6-16(15)23-17(18)25/h3-9,14H,10H2,1-2H3,(H,23,25)/t14-,18+/m1/s1. The molecular weight excluding hydrogens is 329 g/mol. The van der Waals surface area contributed by atoms with Gasteiger partial charge in [0.05, 0.1) is 17.0 Å². The predicted molar refractivity (Wildman–Crippen MR) is 88.5 cm³/mol. The Hall–Kier alpha value is -2.50. The molecule has 2 atom stereocenters. The van der Waals surface area contributed by atoms with E-state index < -0.39 is 17.2 Å². The second-order valence-corrected chi connectivity index (χ2v) is 6.80. The number of carbonyl (C=O) groups excluding carboxylic acids is 1. The molecule has 1 aliphatic carbocycles. The Morgan fingerprint density at radius 3 is 2.48 bits per heavy atom. The number of alkyl halides is 3. The third-order valence-electron chi connectivity index (χ3n) is 5.27. The van der Waals surface area contributed by atoms with Gasteiger partial charge in [0.25, 0.3) is 0 Å². The highest BCUT2D eigenvalue weighted by Gasteiger charge is 2.50. The second-order valence-electron chi connectivity index (χ2n) is 6.80. The number of aryl methyl sites for hydroxylation is 2. The first-order chi connectivity index (χ1) is 11.7. The van der Waals surface area contributed by atoms with E-state index in [4.69, 9.17) is 0 Å². The molecule has 2 aliphatic rings. The number of aromatic nitrogens is 1. The third-order valence-corrected chi connectivity index (χ3v) is 5.27. The van der Waals surface area contributed by atoms with Crippen LogP contribution in [0, 0.1) is 13.8 Å². The molecule has 25 heavy (non-hydrogen) atoms. The number of allylic oxidation sites excluding steroid dienone is 1. The van der Waals surface area contributed by atoms with Crippen LogP contribution in [0.1, 0.15) is 35.0 Å². The fourth-order valence-corrected chi connectivity index (χ4v) is 4.04. The number of anilines is 1. The SMILES string of the molecule is Cc1ccc(C)n1[C@@H]1C=C[C@@]2(C1)C(=O)Nc1ccc(C(F)(F)F)cc12. The van der Waals surface area contributed by atoms with E-state index in [2.05, 4.69) is 9.88 Å². The first-order valence-corrected chi connectivity index (χ1v) is 8.09. The van der Waals surface area contributed by atoms with Crippen LogP contribution >= 0.6 is 0 Å². The van der Waals surface area contributed by atoms with Crippen molar-refractivity contribution in [2.45, 2.75) is 37.9 Å². The highest BCUT2D eigenvalue weighted by molar-refractivity contribution is 6.08. The molecule has 1 aromatic heterocycles. The van der Waals surface area contributed by atoms with E-state index >= 15 is 0 Å². The number of nitrogens with one attached hydrogen (secondary N) is 1. The summed E-state index contributed by atoms with van der Waals surface area (Å²) in [4.78, 5) is 12.6. The van der Waals surface area contributed by atoms with E-state index in [-0.39, 0.29) is 11.9 Å². The lowest BCUT2D eigenvalue weighted by Crippen LogP contribution is -2.32. The van der Waals surface area contributed by atoms with Crippen LogP contribution in [-0.4, -0.2) is 10.5 Å². The van der Waals surface area contributed by atoms with Gasteiger partial charge >= 0.3 is 6.18 Å². The van der Waals surface area contributed by atoms with Gasteiger partial charge in [-0.05, 0) is 56.2 Å². The quantitative estimate of drug-likeness (QED) is 0.757. The van der Waals surface area contributed by atoms with E-state index in [1.54, 1.807) is 6.08 Å². The van der Waals surface area contributed by atoms with E-state index in [9.17, 15) is 18.0 Å². The van der Waals surface area contributed by atoms with Crippen LogP contribution in [0.4, 0.5) is 18.9 Å². The maximum atomic E-state index is 13.1. The summed E-state index contributed by atoms with van der Waals surface area (Å²) in [6, 6.07) is 7.40. The molecule has 0 saturated heterocycles. The van der Waals surface area contributed by atoms with Crippen LogP contribution in [0.15, 0.2) is 42.5 Å². The number of benzene rings is 1. The largest absolute Gasteiger partial charge is 0.416 e. The Labute approximate surface area is 143 Å². The topological polar surface area (TPSA) is 34.0 Å². The van der Waals surface area contributed by atoms with Crippen molar-refractivity contribution in [3.05, 3.63) is 65.0 Å². The summed E-state index contributed by atoms with van der Waals surface area (Å²) in [5.74, 6) is -0.261. The summed E-state index contributed by atoms with van der Waals surface area (Å²) in [5, 5.41) is 2.74. The van der Waals surface area contributed by atoms with Crippen LogP contribution in [0.5, 0.6) is 0 Å². The molecule has 1 amide bonds. The summed E-state index contributed by atoms with van der Waals surface area (Å²) in [6.45, 7) is 3.96. The molecule has 1 aliphatic heterocycles. The van der Waals surface area contributed by atoms with Gasteiger partial charge < -0.3 is 9.88 Å². The van der Waals surface area contributed by atoms with Crippen molar-refractivity contribution in [3.8, 4) is 0 Å². The van der Waals surface area contributed by atoms with Gasteiger partial charge in [0.15, 0.2) is 0 Å². The molecule has 2 aromatic rings. The van der Waals surface area contributed by atoms with Crippen molar-refractivity contribution in [2.75, 3.05) is 5.32 Å². The minimum Gasteiger partial charge on any atom is -0.342 e. The average molecular weight is 346 g/mol. The number of amides is 1. The number of hydrogen-bond acceptors (Lipinski definition) is 1. The number of rotatable bonds is 1. The average Bonchev–Trinajstić information content (AvgIpc) is 3.18. The van der Waals surface area contributed by atoms with Gasteiger partial charge in [-0.15, -0.1) is 0 Å². The summed E-state index contributed by atoms with van der Waals surface area (Å²) >= 11 is 0. The second kappa shape index (κ2) is 5.00. The zero-order valence-electron chi connectivity index (χ0n) is 13.8. The summed E-state index contributed by atoms with van der Waals surface area (Å²) in [7, 11) is 0. The summed E-state index contributed by atoms with van der Waals surface area (Å²) < 4.78 is 41.4. The van der Waals surface area contributed by atoms with Crippen LogP contribution in [-0.2, 0) is 16.4 Å². The molecule has 0 radical (unpaired) electrons. The van der Waals surface area contributed by atoms with Crippen LogP contribution < -0.4 is 5.32 Å². The normalized spacial score (nSPS) is 24.8. The number of fused-ring (bicyclic) bond motifs is 2. The van der Waals surface area contributed by atoms with Gasteiger partial charge in [-0.1, -0.05) is 12.2 Å². The lowest BCUT2D eigenvalue weighted by molar-refractivity contribution is -0.137. The Kier molecular flexibility index (Phi) is 3.20. The molecule has 130 valence electrons.